The van der Waals surface area contributed by atoms with Crippen molar-refractivity contribution < 1.29 is 13.2 Å². The summed E-state index contributed by atoms with van der Waals surface area (Å²) in [5, 5.41) is 5.11. The molecule has 20 heavy (non-hydrogen) atoms. The lowest BCUT2D eigenvalue weighted by atomic mass is 10.0. The van der Waals surface area contributed by atoms with Crippen LogP contribution in [0, 0.1) is 0 Å². The van der Waals surface area contributed by atoms with Gasteiger partial charge in [0, 0.05) is 20.8 Å². The first-order chi connectivity index (χ1) is 9.40. The molecular formula is C14H13BrF3NS. The second-order valence-corrected chi connectivity index (χ2v) is 6.27. The van der Waals surface area contributed by atoms with Gasteiger partial charge in [0.25, 0.3) is 0 Å². The quantitative estimate of drug-likeness (QED) is 0.802. The maximum atomic E-state index is 12.7. The molecule has 0 saturated heterocycles. The van der Waals surface area contributed by atoms with E-state index in [0.29, 0.717) is 12.0 Å². The van der Waals surface area contributed by atoms with E-state index < -0.39 is 11.7 Å². The largest absolute Gasteiger partial charge is 0.416 e. The van der Waals surface area contributed by atoms with Crippen LogP contribution in [0.3, 0.4) is 0 Å². The topological polar surface area (TPSA) is 12.0 Å². The first-order valence-corrected chi connectivity index (χ1v) is 7.64. The summed E-state index contributed by atoms with van der Waals surface area (Å²) in [5.74, 6) is 0. The highest BCUT2D eigenvalue weighted by Gasteiger charge is 2.30. The fraction of sp³-hybridized carbons (Fsp3) is 0.286. The molecule has 108 valence electrons. The van der Waals surface area contributed by atoms with Crippen LogP contribution in [0.1, 0.15) is 22.0 Å². The predicted octanol–water partition coefficient (Wildman–Crippen LogP) is 5.03. The molecule has 1 N–H and O–H groups in total. The molecule has 1 unspecified atom stereocenters. The molecule has 0 fully saturated rings. The van der Waals surface area contributed by atoms with Crippen LogP contribution in [0.5, 0.6) is 0 Å². The van der Waals surface area contributed by atoms with Crippen LogP contribution in [0.15, 0.2) is 40.2 Å². The molecule has 1 aromatic heterocycles. The lowest BCUT2D eigenvalue weighted by Crippen LogP contribution is -2.18. The Kier molecular flexibility index (Phi) is 4.88. The van der Waals surface area contributed by atoms with Crippen LogP contribution in [0.2, 0.25) is 0 Å². The normalized spacial score (nSPS) is 13.4. The molecule has 2 rings (SSSR count). The average Bonchev–Trinajstić information content (AvgIpc) is 2.82. The number of benzene rings is 1. The summed E-state index contributed by atoms with van der Waals surface area (Å²) in [4.78, 5) is 1.09. The van der Waals surface area contributed by atoms with Crippen molar-refractivity contribution in [2.24, 2.45) is 0 Å². The Balaban J connectivity index is 2.20. The summed E-state index contributed by atoms with van der Waals surface area (Å²) in [7, 11) is 1.81. The fourth-order valence-electron chi connectivity index (χ4n) is 1.97. The van der Waals surface area contributed by atoms with Crippen molar-refractivity contribution in [3.8, 4) is 0 Å². The van der Waals surface area contributed by atoms with Crippen molar-refractivity contribution in [2.75, 3.05) is 7.05 Å². The SMILES string of the molecule is CNC(Cc1cccc(C(F)(F)F)c1)c1cc(Br)cs1. The Morgan fingerprint density at radius 1 is 1.30 bits per heavy atom. The van der Waals surface area contributed by atoms with Crippen molar-refractivity contribution >= 4 is 27.3 Å². The predicted molar refractivity (Wildman–Crippen MR) is 79.0 cm³/mol. The Morgan fingerprint density at radius 3 is 2.60 bits per heavy atom. The molecule has 0 spiro atoms. The lowest BCUT2D eigenvalue weighted by Gasteiger charge is -2.15. The summed E-state index contributed by atoms with van der Waals surface area (Å²) in [6, 6.07) is 7.48. The van der Waals surface area contributed by atoms with Gasteiger partial charge >= 0.3 is 6.18 Å². The highest BCUT2D eigenvalue weighted by molar-refractivity contribution is 9.10. The monoisotopic (exact) mass is 363 g/mol. The van der Waals surface area contributed by atoms with Gasteiger partial charge in [-0.05, 0) is 47.1 Å². The molecule has 0 radical (unpaired) electrons. The first-order valence-electron chi connectivity index (χ1n) is 5.97. The average molecular weight is 364 g/mol. The third-order valence-corrected chi connectivity index (χ3v) is 4.78. The summed E-state index contributed by atoms with van der Waals surface area (Å²) in [6.07, 6.45) is -3.77. The number of rotatable bonds is 4. The minimum atomic E-state index is -4.29. The zero-order chi connectivity index (χ0) is 14.8. The molecule has 0 saturated carbocycles. The van der Waals surface area contributed by atoms with Crippen LogP contribution >= 0.6 is 27.3 Å². The molecule has 0 bridgehead atoms. The smallest absolute Gasteiger partial charge is 0.312 e. The van der Waals surface area contributed by atoms with Gasteiger partial charge in [-0.25, -0.2) is 0 Å². The number of alkyl halides is 3. The van der Waals surface area contributed by atoms with Crippen LogP contribution in [-0.2, 0) is 12.6 Å². The van der Waals surface area contributed by atoms with Gasteiger partial charge in [0.05, 0.1) is 5.56 Å². The zero-order valence-corrected chi connectivity index (χ0v) is 13.1. The standard InChI is InChI=1S/C14H13BrF3NS/c1-19-12(13-7-11(15)8-20-13)6-9-3-2-4-10(5-9)14(16,17)18/h2-5,7-8,12,19H,6H2,1H3. The summed E-state index contributed by atoms with van der Waals surface area (Å²) < 4.78 is 39.1. The van der Waals surface area contributed by atoms with Gasteiger partial charge in [-0.15, -0.1) is 11.3 Å². The molecule has 1 heterocycles. The van der Waals surface area contributed by atoms with E-state index in [1.54, 1.807) is 17.4 Å². The van der Waals surface area contributed by atoms with Gasteiger partial charge in [0.2, 0.25) is 0 Å². The second kappa shape index (κ2) is 6.28. The van der Waals surface area contributed by atoms with E-state index in [-0.39, 0.29) is 6.04 Å². The van der Waals surface area contributed by atoms with Crippen LogP contribution in [0.25, 0.3) is 0 Å². The minimum absolute atomic E-state index is 0.00906. The minimum Gasteiger partial charge on any atom is -0.312 e. The van der Waals surface area contributed by atoms with Gasteiger partial charge in [-0.2, -0.15) is 13.2 Å². The number of likely N-dealkylation sites (N-methyl/N-ethyl adjacent to an activating group) is 1. The summed E-state index contributed by atoms with van der Waals surface area (Å²) in [5.41, 5.74) is 0.0703. The zero-order valence-electron chi connectivity index (χ0n) is 10.7. The first kappa shape index (κ1) is 15.5. The van der Waals surface area contributed by atoms with Crippen molar-refractivity contribution in [1.29, 1.82) is 0 Å². The molecule has 1 nitrogen and oxygen atoms in total. The molecule has 0 amide bonds. The number of thiophene rings is 1. The summed E-state index contributed by atoms with van der Waals surface area (Å²) in [6.45, 7) is 0. The van der Waals surface area contributed by atoms with E-state index >= 15 is 0 Å². The molecule has 2 aromatic rings. The van der Waals surface area contributed by atoms with Crippen molar-refractivity contribution in [1.82, 2.24) is 5.32 Å². The van der Waals surface area contributed by atoms with Gasteiger partial charge in [0.15, 0.2) is 0 Å². The number of nitrogens with one attached hydrogen (secondary N) is 1. The molecule has 0 aliphatic heterocycles. The Hall–Kier alpha value is -0.850. The molecule has 1 aromatic carbocycles. The van der Waals surface area contributed by atoms with Gasteiger partial charge in [-0.1, -0.05) is 18.2 Å². The van der Waals surface area contributed by atoms with E-state index in [0.717, 1.165) is 15.4 Å². The molecule has 0 aliphatic carbocycles. The van der Waals surface area contributed by atoms with Crippen LogP contribution in [0.4, 0.5) is 13.2 Å². The van der Waals surface area contributed by atoms with Gasteiger partial charge < -0.3 is 5.32 Å². The van der Waals surface area contributed by atoms with Crippen molar-refractivity contribution in [3.63, 3.8) is 0 Å². The van der Waals surface area contributed by atoms with E-state index in [1.165, 1.54) is 12.1 Å². The van der Waals surface area contributed by atoms with Gasteiger partial charge in [0.1, 0.15) is 0 Å². The van der Waals surface area contributed by atoms with E-state index in [4.69, 9.17) is 0 Å². The molecule has 1 atom stereocenters. The van der Waals surface area contributed by atoms with E-state index in [9.17, 15) is 13.2 Å². The fourth-order valence-corrected chi connectivity index (χ4v) is 3.52. The van der Waals surface area contributed by atoms with E-state index in [2.05, 4.69) is 21.2 Å². The van der Waals surface area contributed by atoms with E-state index in [1.807, 2.05) is 18.5 Å². The summed E-state index contributed by atoms with van der Waals surface area (Å²) >= 11 is 4.97. The molecular weight excluding hydrogens is 351 g/mol. The van der Waals surface area contributed by atoms with Gasteiger partial charge in [-0.3, -0.25) is 0 Å². The van der Waals surface area contributed by atoms with Crippen molar-refractivity contribution in [3.05, 3.63) is 56.2 Å². The van der Waals surface area contributed by atoms with Crippen molar-refractivity contribution in [2.45, 2.75) is 18.6 Å². The third kappa shape index (κ3) is 3.84. The number of halogens is 4. The number of hydrogen-bond acceptors (Lipinski definition) is 2. The Morgan fingerprint density at radius 2 is 2.05 bits per heavy atom. The lowest BCUT2D eigenvalue weighted by molar-refractivity contribution is -0.137. The van der Waals surface area contributed by atoms with Crippen LogP contribution < -0.4 is 5.32 Å². The maximum Gasteiger partial charge on any atom is 0.416 e. The third-order valence-electron chi connectivity index (χ3n) is 2.97. The van der Waals surface area contributed by atoms with Crippen LogP contribution in [-0.4, -0.2) is 7.05 Å². The Bertz CT molecular complexity index is 580. The number of hydrogen-bond donors (Lipinski definition) is 1. The second-order valence-electron chi connectivity index (χ2n) is 4.41. The highest BCUT2D eigenvalue weighted by Crippen LogP contribution is 2.31. The molecule has 0 aliphatic rings. The molecule has 6 heteroatoms. The Labute approximate surface area is 128 Å². The maximum absolute atomic E-state index is 12.7. The highest BCUT2D eigenvalue weighted by atomic mass is 79.9.